The van der Waals surface area contributed by atoms with Gasteiger partial charge in [0.25, 0.3) is 5.91 Å². The Balaban J connectivity index is 1.45. The van der Waals surface area contributed by atoms with Crippen molar-refractivity contribution in [1.29, 1.82) is 0 Å². The first-order valence-electron chi connectivity index (χ1n) is 10.2. The highest BCUT2D eigenvalue weighted by molar-refractivity contribution is 5.94. The zero-order valence-electron chi connectivity index (χ0n) is 16.4. The lowest BCUT2D eigenvalue weighted by Crippen LogP contribution is -2.40. The van der Waals surface area contributed by atoms with Crippen LogP contribution in [-0.2, 0) is 11.2 Å². The third-order valence-electron chi connectivity index (χ3n) is 6.67. The molecule has 0 aliphatic carbocycles. The smallest absolute Gasteiger partial charge is 0.253 e. The summed E-state index contributed by atoms with van der Waals surface area (Å²) in [7, 11) is 4.27. The summed E-state index contributed by atoms with van der Waals surface area (Å²) < 4.78 is 6.46. The van der Waals surface area contributed by atoms with Crippen molar-refractivity contribution in [3.8, 4) is 0 Å². The number of hydrogen-bond donors (Lipinski definition) is 0. The lowest BCUT2D eigenvalue weighted by molar-refractivity contribution is 0.00256. The van der Waals surface area contributed by atoms with Crippen LogP contribution in [0.25, 0.3) is 0 Å². The first kappa shape index (κ1) is 18.0. The minimum atomic E-state index is -0.0674. The lowest BCUT2D eigenvalue weighted by atomic mass is 9.73. The number of benzene rings is 1. The largest absolute Gasteiger partial charge is 0.369 e. The van der Waals surface area contributed by atoms with E-state index in [0.29, 0.717) is 17.9 Å². The number of ether oxygens (including phenoxy) is 1. The average Bonchev–Trinajstić information content (AvgIpc) is 3.29. The summed E-state index contributed by atoms with van der Waals surface area (Å²) in [5.41, 5.74) is 2.08. The van der Waals surface area contributed by atoms with E-state index in [4.69, 9.17) is 4.74 Å². The quantitative estimate of drug-likeness (QED) is 0.785. The molecule has 26 heavy (non-hydrogen) atoms. The number of hydrogen-bond acceptors (Lipinski definition) is 3. The highest BCUT2D eigenvalue weighted by Gasteiger charge is 2.63. The Morgan fingerprint density at radius 3 is 2.77 bits per heavy atom. The molecule has 142 valence electrons. The highest BCUT2D eigenvalue weighted by Crippen LogP contribution is 2.55. The van der Waals surface area contributed by atoms with E-state index in [1.165, 1.54) is 18.4 Å². The second kappa shape index (κ2) is 6.97. The van der Waals surface area contributed by atoms with Crippen LogP contribution < -0.4 is 0 Å². The maximum Gasteiger partial charge on any atom is 0.253 e. The Morgan fingerprint density at radius 2 is 2.08 bits per heavy atom. The van der Waals surface area contributed by atoms with Gasteiger partial charge in [-0.15, -0.1) is 0 Å². The van der Waals surface area contributed by atoms with E-state index in [1.54, 1.807) is 0 Å². The van der Waals surface area contributed by atoms with Gasteiger partial charge in [0.2, 0.25) is 0 Å². The van der Waals surface area contributed by atoms with Crippen LogP contribution in [0, 0.1) is 11.8 Å². The molecular formula is C22H32N2O2. The molecular weight excluding hydrogens is 324 g/mol. The molecule has 0 radical (unpaired) electrons. The van der Waals surface area contributed by atoms with Crippen LogP contribution in [0.2, 0.25) is 0 Å². The van der Waals surface area contributed by atoms with Gasteiger partial charge in [0.1, 0.15) is 0 Å². The minimum absolute atomic E-state index is 0.0674. The van der Waals surface area contributed by atoms with Crippen molar-refractivity contribution < 1.29 is 9.53 Å². The van der Waals surface area contributed by atoms with E-state index in [9.17, 15) is 4.79 Å². The number of carbonyl (C=O) groups is 1. The van der Waals surface area contributed by atoms with Gasteiger partial charge in [0.15, 0.2) is 0 Å². The van der Waals surface area contributed by atoms with Crippen molar-refractivity contribution in [2.45, 2.75) is 50.7 Å². The van der Waals surface area contributed by atoms with Crippen molar-refractivity contribution in [2.24, 2.45) is 11.8 Å². The molecule has 4 heteroatoms. The predicted molar refractivity (Wildman–Crippen MR) is 103 cm³/mol. The molecule has 3 saturated heterocycles. The van der Waals surface area contributed by atoms with Crippen LogP contribution in [0.3, 0.4) is 0 Å². The standard InChI is InChI=1S/C22H32N2O2/c1-4-5-6-16-7-9-17(10-8-16)21(25)24-14-19-18(13-23(2)3)20-11-12-22(19,15-24)26-20/h7-10,18-20H,4-6,11-15H2,1-3H3/t18-,19+,20+,22+/m0/s1. The second-order valence-electron chi connectivity index (χ2n) is 8.78. The maximum absolute atomic E-state index is 13.1. The fraction of sp³-hybridized carbons (Fsp3) is 0.682. The zero-order valence-corrected chi connectivity index (χ0v) is 16.4. The molecule has 1 aromatic rings. The summed E-state index contributed by atoms with van der Waals surface area (Å²) >= 11 is 0. The van der Waals surface area contributed by atoms with Crippen LogP contribution in [-0.4, -0.2) is 61.1 Å². The van der Waals surface area contributed by atoms with Gasteiger partial charge in [-0.25, -0.2) is 0 Å². The molecule has 1 aromatic carbocycles. The van der Waals surface area contributed by atoms with Crippen LogP contribution in [0.15, 0.2) is 24.3 Å². The van der Waals surface area contributed by atoms with E-state index < -0.39 is 0 Å². The van der Waals surface area contributed by atoms with E-state index in [2.05, 4.69) is 43.0 Å². The van der Waals surface area contributed by atoms with Gasteiger partial charge in [-0.05, 0) is 57.5 Å². The molecule has 0 saturated carbocycles. The van der Waals surface area contributed by atoms with Crippen molar-refractivity contribution in [1.82, 2.24) is 9.80 Å². The number of fused-ring (bicyclic) bond motifs is 1. The molecule has 4 rings (SSSR count). The fourth-order valence-electron chi connectivity index (χ4n) is 5.39. The Kier molecular flexibility index (Phi) is 4.83. The number of likely N-dealkylation sites (tertiary alicyclic amines) is 1. The van der Waals surface area contributed by atoms with Gasteiger partial charge in [-0.2, -0.15) is 0 Å². The SMILES string of the molecule is CCCCc1ccc(C(=O)N2C[C@@H]3[C@H](CN(C)C)[C@H]4CC[C@]3(C2)O4)cc1. The first-order valence-corrected chi connectivity index (χ1v) is 10.2. The van der Waals surface area contributed by atoms with Gasteiger partial charge in [0, 0.05) is 30.5 Å². The Morgan fingerprint density at radius 1 is 1.31 bits per heavy atom. The summed E-state index contributed by atoms with van der Waals surface area (Å²) in [6.07, 6.45) is 6.18. The number of rotatable bonds is 6. The van der Waals surface area contributed by atoms with E-state index in [-0.39, 0.29) is 11.5 Å². The summed E-state index contributed by atoms with van der Waals surface area (Å²) in [6.45, 7) is 4.89. The van der Waals surface area contributed by atoms with Crippen molar-refractivity contribution in [2.75, 3.05) is 33.7 Å². The third kappa shape index (κ3) is 3.07. The van der Waals surface area contributed by atoms with Gasteiger partial charge in [-0.1, -0.05) is 25.5 Å². The molecule has 0 aromatic heterocycles. The van der Waals surface area contributed by atoms with Crippen LogP contribution in [0.1, 0.15) is 48.5 Å². The molecule has 1 amide bonds. The van der Waals surface area contributed by atoms with Gasteiger partial charge >= 0.3 is 0 Å². The number of carbonyl (C=O) groups excluding carboxylic acids is 1. The van der Waals surface area contributed by atoms with Gasteiger partial charge in [-0.3, -0.25) is 4.79 Å². The average molecular weight is 357 g/mol. The van der Waals surface area contributed by atoms with E-state index in [1.807, 2.05) is 12.1 Å². The predicted octanol–water partition coefficient (Wildman–Crippen LogP) is 3.21. The van der Waals surface area contributed by atoms with Crippen molar-refractivity contribution in [3.63, 3.8) is 0 Å². The van der Waals surface area contributed by atoms with Crippen LogP contribution in [0.4, 0.5) is 0 Å². The van der Waals surface area contributed by atoms with Crippen LogP contribution >= 0.6 is 0 Å². The Bertz CT molecular complexity index is 657. The Hall–Kier alpha value is -1.39. The number of nitrogens with zero attached hydrogens (tertiary/aromatic N) is 2. The first-order chi connectivity index (χ1) is 12.5. The monoisotopic (exact) mass is 356 g/mol. The minimum Gasteiger partial charge on any atom is -0.369 e. The molecule has 3 heterocycles. The molecule has 4 atom stereocenters. The molecule has 3 aliphatic heterocycles. The molecule has 2 bridgehead atoms. The van der Waals surface area contributed by atoms with Crippen molar-refractivity contribution in [3.05, 3.63) is 35.4 Å². The fourth-order valence-corrected chi connectivity index (χ4v) is 5.39. The van der Waals surface area contributed by atoms with E-state index >= 15 is 0 Å². The summed E-state index contributed by atoms with van der Waals surface area (Å²) in [5, 5.41) is 0. The zero-order chi connectivity index (χ0) is 18.3. The maximum atomic E-state index is 13.1. The van der Waals surface area contributed by atoms with Crippen molar-refractivity contribution >= 4 is 5.91 Å². The molecule has 1 spiro atoms. The summed E-state index contributed by atoms with van der Waals surface area (Å²) in [5.74, 6) is 1.23. The van der Waals surface area contributed by atoms with E-state index in [0.717, 1.165) is 44.5 Å². The highest BCUT2D eigenvalue weighted by atomic mass is 16.5. The summed E-state index contributed by atoms with van der Waals surface area (Å²) in [6, 6.07) is 8.26. The normalized spacial score (nSPS) is 32.5. The summed E-state index contributed by atoms with van der Waals surface area (Å²) in [4.78, 5) is 17.4. The second-order valence-corrected chi connectivity index (χ2v) is 8.78. The molecule has 3 aliphatic rings. The van der Waals surface area contributed by atoms with Gasteiger partial charge in [0.05, 0.1) is 18.2 Å². The number of amides is 1. The molecule has 4 nitrogen and oxygen atoms in total. The molecule has 0 N–H and O–H groups in total. The molecule has 3 fully saturated rings. The molecule has 0 unspecified atom stereocenters. The van der Waals surface area contributed by atoms with Gasteiger partial charge < -0.3 is 14.5 Å². The number of aryl methyl sites for hydroxylation is 1. The number of unbranched alkanes of at least 4 members (excludes halogenated alkanes) is 1. The Labute approximate surface area is 157 Å². The lowest BCUT2D eigenvalue weighted by Gasteiger charge is -2.30. The third-order valence-corrected chi connectivity index (χ3v) is 6.67. The topological polar surface area (TPSA) is 32.8 Å². The van der Waals surface area contributed by atoms with Crippen LogP contribution in [0.5, 0.6) is 0 Å².